The molecule has 6 N–H and O–H groups in total. The number of hydrogen-bond donors (Lipinski definition) is 5. The number of Topliss-reactive ketones (excluding diaryl/α,β-unsaturated/α-hetero) is 2. The van der Waals surface area contributed by atoms with Crippen molar-refractivity contribution in [3.05, 3.63) is 63.9 Å². The van der Waals surface area contributed by atoms with Gasteiger partial charge in [0.05, 0.1) is 11.6 Å². The van der Waals surface area contributed by atoms with E-state index < -0.39 is 63.5 Å². The van der Waals surface area contributed by atoms with Crippen LogP contribution >= 0.6 is 0 Å². The molecule has 1 amide bonds. The first kappa shape index (κ1) is 30.3. The lowest BCUT2D eigenvalue weighted by Gasteiger charge is -2.50. The molecule has 2 aromatic carbocycles. The molecule has 0 aromatic heterocycles. The number of ketones is 2. The van der Waals surface area contributed by atoms with E-state index in [-0.39, 0.29) is 29.7 Å². The average molecular weight is 590 g/mol. The summed E-state index contributed by atoms with van der Waals surface area (Å²) >= 11 is 0. The van der Waals surface area contributed by atoms with Crippen LogP contribution in [0.4, 0.5) is 5.69 Å². The number of aliphatic hydroxyl groups excluding tert-OH is 2. The molecule has 0 heterocycles. The number of aliphatic hydroxyl groups is 3. The lowest BCUT2D eigenvalue weighted by atomic mass is 9.57. The number of rotatable bonds is 4. The second-order valence-electron chi connectivity index (χ2n) is 13.3. The third-order valence-corrected chi connectivity index (χ3v) is 9.22. The van der Waals surface area contributed by atoms with Crippen LogP contribution in [0.5, 0.6) is 5.75 Å². The number of fused-ring (bicyclic) bond motifs is 3. The minimum absolute atomic E-state index is 0.0343. The summed E-state index contributed by atoms with van der Waals surface area (Å²) in [7, 11) is 7.04. The predicted octanol–water partition coefficient (Wildman–Crippen LogP) is 2.99. The van der Waals surface area contributed by atoms with Gasteiger partial charge in [-0.25, -0.2) is 0 Å². The Morgan fingerprint density at radius 2 is 1.63 bits per heavy atom. The van der Waals surface area contributed by atoms with Crippen LogP contribution in [-0.4, -0.2) is 82.6 Å². The Balaban J connectivity index is 1.79. The van der Waals surface area contributed by atoms with Crippen molar-refractivity contribution in [1.82, 2.24) is 4.90 Å². The van der Waals surface area contributed by atoms with Gasteiger partial charge in [0.15, 0.2) is 11.4 Å². The third-order valence-electron chi connectivity index (χ3n) is 9.22. The smallest absolute Gasteiger partial charge is 0.255 e. The summed E-state index contributed by atoms with van der Waals surface area (Å²) in [5.41, 5.74) is 5.12. The fourth-order valence-electron chi connectivity index (χ4n) is 7.08. The largest absolute Gasteiger partial charge is 0.508 e. The molecule has 43 heavy (non-hydrogen) atoms. The molecule has 0 aliphatic heterocycles. The Kier molecular flexibility index (Phi) is 7.02. The summed E-state index contributed by atoms with van der Waals surface area (Å²) in [5.74, 6) is -6.61. The molecular formula is C33H39N3O7. The van der Waals surface area contributed by atoms with E-state index in [2.05, 4.69) is 0 Å². The van der Waals surface area contributed by atoms with E-state index in [0.29, 0.717) is 11.1 Å². The number of nitrogens with two attached hydrogens (primary N) is 1. The molecule has 0 spiro atoms. The second kappa shape index (κ2) is 9.96. The van der Waals surface area contributed by atoms with E-state index in [0.717, 1.165) is 16.8 Å². The number of primary amides is 1. The minimum Gasteiger partial charge on any atom is -0.508 e. The van der Waals surface area contributed by atoms with E-state index in [1.165, 1.54) is 4.90 Å². The second-order valence-corrected chi connectivity index (χ2v) is 13.3. The van der Waals surface area contributed by atoms with Crippen molar-refractivity contribution in [2.75, 3.05) is 33.1 Å². The highest BCUT2D eigenvalue weighted by Crippen LogP contribution is 2.55. The number of phenols is 1. The highest BCUT2D eigenvalue weighted by atomic mass is 16.3. The maximum Gasteiger partial charge on any atom is 0.255 e. The summed E-state index contributed by atoms with van der Waals surface area (Å²) in [6.45, 7) is 5.78. The maximum atomic E-state index is 14.2. The van der Waals surface area contributed by atoms with Crippen LogP contribution in [0, 0.1) is 11.8 Å². The van der Waals surface area contributed by atoms with Crippen LogP contribution in [0.3, 0.4) is 0 Å². The zero-order chi connectivity index (χ0) is 31.9. The van der Waals surface area contributed by atoms with E-state index >= 15 is 0 Å². The van der Waals surface area contributed by atoms with Crippen molar-refractivity contribution in [3.8, 4) is 16.9 Å². The monoisotopic (exact) mass is 589 g/mol. The van der Waals surface area contributed by atoms with Crippen molar-refractivity contribution in [2.24, 2.45) is 17.6 Å². The zero-order valence-electron chi connectivity index (χ0n) is 25.5. The van der Waals surface area contributed by atoms with E-state index in [9.17, 15) is 34.8 Å². The fraction of sp³-hybridized carbons (Fsp3) is 0.424. The van der Waals surface area contributed by atoms with Gasteiger partial charge in [0.1, 0.15) is 22.8 Å². The first-order chi connectivity index (χ1) is 19.9. The van der Waals surface area contributed by atoms with Gasteiger partial charge in [-0.05, 0) is 73.2 Å². The Hall–Kier alpha value is -4.15. The molecule has 0 bridgehead atoms. The van der Waals surface area contributed by atoms with Crippen molar-refractivity contribution in [1.29, 1.82) is 0 Å². The lowest BCUT2D eigenvalue weighted by Crippen LogP contribution is -2.65. The molecule has 1 fully saturated rings. The van der Waals surface area contributed by atoms with Crippen LogP contribution in [0.15, 0.2) is 47.2 Å². The summed E-state index contributed by atoms with van der Waals surface area (Å²) in [4.78, 5) is 43.3. The van der Waals surface area contributed by atoms with Crippen LogP contribution in [0.2, 0.25) is 0 Å². The van der Waals surface area contributed by atoms with Crippen LogP contribution in [-0.2, 0) is 26.2 Å². The maximum absolute atomic E-state index is 14.2. The number of benzene rings is 2. The topological polar surface area (TPSA) is 165 Å². The standard InChI is InChI=1S/C33H39N3O7/c1-32(2,3)21-14-18(15-8-10-17(11-9-15)35(4)5)19-12-16-13-20-25(36(6)7)28(39)24(31(34)42)30(41)33(20,43)29(40)22(16)27(38)23(19)26(21)37/h8-11,14,16,20,25,37-38,41,43H,12-13H2,1-7H3,(H2,34,42)/t16-,20-,25-,33+/m1/s1. The summed E-state index contributed by atoms with van der Waals surface area (Å²) in [6, 6.07) is 8.66. The van der Waals surface area contributed by atoms with Gasteiger partial charge in [0.2, 0.25) is 5.78 Å². The quantitative estimate of drug-likeness (QED) is 0.337. The van der Waals surface area contributed by atoms with Gasteiger partial charge < -0.3 is 31.1 Å². The molecule has 4 atom stereocenters. The molecule has 228 valence electrons. The van der Waals surface area contributed by atoms with Crippen molar-refractivity contribution in [3.63, 3.8) is 0 Å². The first-order valence-corrected chi connectivity index (χ1v) is 14.2. The molecule has 0 saturated heterocycles. The molecule has 0 radical (unpaired) electrons. The normalized spacial score (nSPS) is 25.5. The number of nitrogens with zero attached hydrogens (tertiary/aromatic N) is 2. The highest BCUT2D eigenvalue weighted by Gasteiger charge is 2.64. The zero-order valence-corrected chi connectivity index (χ0v) is 25.5. The number of carbonyl (C=O) groups excluding carboxylic acids is 3. The average Bonchev–Trinajstić information content (AvgIpc) is 2.90. The van der Waals surface area contributed by atoms with Gasteiger partial charge in [-0.2, -0.15) is 0 Å². The van der Waals surface area contributed by atoms with E-state index in [4.69, 9.17) is 5.73 Å². The molecule has 3 aliphatic rings. The molecule has 0 unspecified atom stereocenters. The van der Waals surface area contributed by atoms with Crippen molar-refractivity contribution in [2.45, 2.75) is 50.7 Å². The number of aromatic hydroxyl groups is 1. The number of likely N-dealkylation sites (N-methyl/N-ethyl adjacent to an activating group) is 1. The Labute approximate surface area is 250 Å². The highest BCUT2D eigenvalue weighted by molar-refractivity contribution is 6.24. The van der Waals surface area contributed by atoms with Crippen LogP contribution < -0.4 is 10.6 Å². The van der Waals surface area contributed by atoms with Crippen LogP contribution in [0.1, 0.15) is 43.9 Å². The molecule has 1 saturated carbocycles. The van der Waals surface area contributed by atoms with Gasteiger partial charge >= 0.3 is 0 Å². The summed E-state index contributed by atoms with van der Waals surface area (Å²) in [6.07, 6.45) is 0.254. The minimum atomic E-state index is -2.67. The Morgan fingerprint density at radius 1 is 1.02 bits per heavy atom. The van der Waals surface area contributed by atoms with E-state index in [1.807, 2.05) is 70.1 Å². The molecule has 2 aromatic rings. The van der Waals surface area contributed by atoms with E-state index in [1.54, 1.807) is 14.1 Å². The lowest BCUT2D eigenvalue weighted by molar-refractivity contribution is -0.153. The number of amides is 1. The van der Waals surface area contributed by atoms with Gasteiger partial charge in [-0.15, -0.1) is 0 Å². The number of hydrogen-bond acceptors (Lipinski definition) is 9. The van der Waals surface area contributed by atoms with Crippen LogP contribution in [0.25, 0.3) is 16.9 Å². The Morgan fingerprint density at radius 3 is 2.14 bits per heavy atom. The number of anilines is 1. The SMILES string of the molecule is CN(C)c1ccc(-c2cc(C(C)(C)C)c(O)c3c2C[C@@H]2C[C@@H]4[C@@H](N(C)C)C(=O)C(C(N)=O)=C(O)[C@@]4(O)C(=O)C2=C3O)cc1. The van der Waals surface area contributed by atoms with Gasteiger partial charge in [-0.3, -0.25) is 19.3 Å². The fourth-order valence-corrected chi connectivity index (χ4v) is 7.08. The molecule has 10 nitrogen and oxygen atoms in total. The van der Waals surface area contributed by atoms with Crippen molar-refractivity contribution < 1.29 is 34.8 Å². The molecule has 5 rings (SSSR count). The molecule has 3 aliphatic carbocycles. The predicted molar refractivity (Wildman–Crippen MR) is 163 cm³/mol. The number of phenolic OH excluding ortho intramolecular Hbond substituents is 1. The van der Waals surface area contributed by atoms with Crippen molar-refractivity contribution >= 4 is 28.9 Å². The first-order valence-electron chi connectivity index (χ1n) is 14.2. The summed E-state index contributed by atoms with van der Waals surface area (Å²) in [5, 5.41) is 46.3. The van der Waals surface area contributed by atoms with Gasteiger partial charge in [-0.1, -0.05) is 32.9 Å². The summed E-state index contributed by atoms with van der Waals surface area (Å²) < 4.78 is 0. The van der Waals surface area contributed by atoms with Gasteiger partial charge in [0.25, 0.3) is 5.91 Å². The third kappa shape index (κ3) is 4.34. The van der Waals surface area contributed by atoms with Gasteiger partial charge in [0, 0.05) is 36.8 Å². The molecule has 10 heteroatoms. The Bertz CT molecular complexity index is 1630. The number of carbonyl (C=O) groups is 3. The molecular weight excluding hydrogens is 550 g/mol.